The molecule has 0 aromatic carbocycles. The summed E-state index contributed by atoms with van der Waals surface area (Å²) in [5.74, 6) is 2.52. The van der Waals surface area contributed by atoms with E-state index in [0.717, 1.165) is 31.1 Å². The lowest BCUT2D eigenvalue weighted by atomic mass is 10.1. The van der Waals surface area contributed by atoms with Crippen LogP contribution in [-0.2, 0) is 0 Å². The Hall–Kier alpha value is -1.52. The Morgan fingerprint density at radius 2 is 1.88 bits per heavy atom. The molecule has 0 aliphatic rings. The fourth-order valence-corrected chi connectivity index (χ4v) is 1.32. The Labute approximate surface area is 96.9 Å². The molecule has 1 aromatic heterocycles. The molecule has 0 saturated heterocycles. The van der Waals surface area contributed by atoms with Crippen molar-refractivity contribution in [3.63, 3.8) is 0 Å². The molecule has 5 heteroatoms. The van der Waals surface area contributed by atoms with Crippen molar-refractivity contribution in [2.75, 3.05) is 29.5 Å². The van der Waals surface area contributed by atoms with Crippen molar-refractivity contribution in [1.82, 2.24) is 9.97 Å². The van der Waals surface area contributed by atoms with E-state index < -0.39 is 0 Å². The lowest BCUT2D eigenvalue weighted by molar-refractivity contribution is 0.606. The second kappa shape index (κ2) is 6.15. The predicted octanol–water partition coefficient (Wildman–Crippen LogP) is 1.95. The van der Waals surface area contributed by atoms with Gasteiger partial charge < -0.3 is 16.4 Å². The van der Waals surface area contributed by atoms with Crippen LogP contribution in [0.2, 0.25) is 0 Å². The summed E-state index contributed by atoms with van der Waals surface area (Å²) in [6.45, 7) is 8.13. The molecular weight excluding hydrogens is 202 g/mol. The van der Waals surface area contributed by atoms with Gasteiger partial charge in [-0.25, -0.2) is 0 Å². The van der Waals surface area contributed by atoms with Gasteiger partial charge in [-0.1, -0.05) is 13.8 Å². The van der Waals surface area contributed by atoms with E-state index in [1.54, 1.807) is 0 Å². The molecule has 0 radical (unpaired) electrons. The zero-order chi connectivity index (χ0) is 12.0. The summed E-state index contributed by atoms with van der Waals surface area (Å²) >= 11 is 0. The van der Waals surface area contributed by atoms with Crippen LogP contribution in [0.3, 0.4) is 0 Å². The third-order valence-corrected chi connectivity index (χ3v) is 2.13. The fourth-order valence-electron chi connectivity index (χ4n) is 1.32. The summed E-state index contributed by atoms with van der Waals surface area (Å²) in [5, 5.41) is 6.36. The molecule has 0 unspecified atom stereocenters. The van der Waals surface area contributed by atoms with Crippen molar-refractivity contribution in [3.8, 4) is 0 Å². The third-order valence-electron chi connectivity index (χ3n) is 2.13. The van der Waals surface area contributed by atoms with Crippen LogP contribution >= 0.6 is 0 Å². The maximum Gasteiger partial charge on any atom is 0.223 e. The van der Waals surface area contributed by atoms with Gasteiger partial charge in [0, 0.05) is 19.2 Å². The summed E-state index contributed by atoms with van der Waals surface area (Å²) in [7, 11) is 0. The Morgan fingerprint density at radius 3 is 2.44 bits per heavy atom. The van der Waals surface area contributed by atoms with Gasteiger partial charge in [0.15, 0.2) is 0 Å². The number of aromatic nitrogens is 2. The maximum atomic E-state index is 5.62. The molecule has 1 aromatic rings. The maximum absolute atomic E-state index is 5.62. The van der Waals surface area contributed by atoms with Crippen LogP contribution in [0.15, 0.2) is 6.07 Å². The van der Waals surface area contributed by atoms with Crippen molar-refractivity contribution in [1.29, 1.82) is 0 Å². The average molecular weight is 223 g/mol. The first kappa shape index (κ1) is 12.5. The molecule has 0 aliphatic carbocycles. The Kier molecular flexibility index (Phi) is 4.82. The van der Waals surface area contributed by atoms with Crippen LogP contribution in [0.4, 0.5) is 17.6 Å². The highest BCUT2D eigenvalue weighted by Crippen LogP contribution is 2.12. The lowest BCUT2D eigenvalue weighted by Gasteiger charge is -2.09. The van der Waals surface area contributed by atoms with E-state index >= 15 is 0 Å². The standard InChI is InChI=1S/C11H21N5/c1-4-13-9-7-10(16-11(12)15-9)14-6-5-8(2)3/h7-8H,4-6H2,1-3H3,(H4,12,13,14,15,16). The summed E-state index contributed by atoms with van der Waals surface area (Å²) in [4.78, 5) is 8.21. The van der Waals surface area contributed by atoms with E-state index in [1.807, 2.05) is 13.0 Å². The van der Waals surface area contributed by atoms with Crippen molar-refractivity contribution in [2.24, 2.45) is 5.92 Å². The van der Waals surface area contributed by atoms with Crippen LogP contribution < -0.4 is 16.4 Å². The molecule has 1 rings (SSSR count). The SMILES string of the molecule is CCNc1cc(NCCC(C)C)nc(N)n1. The number of hydrogen-bond donors (Lipinski definition) is 3. The second-order valence-electron chi connectivity index (χ2n) is 4.14. The van der Waals surface area contributed by atoms with E-state index in [9.17, 15) is 0 Å². The van der Waals surface area contributed by atoms with Gasteiger partial charge in [0.2, 0.25) is 5.95 Å². The molecule has 0 saturated carbocycles. The van der Waals surface area contributed by atoms with E-state index in [-0.39, 0.29) is 0 Å². The minimum atomic E-state index is 0.297. The molecular formula is C11H21N5. The van der Waals surface area contributed by atoms with Gasteiger partial charge in [-0.15, -0.1) is 0 Å². The number of hydrogen-bond acceptors (Lipinski definition) is 5. The average Bonchev–Trinajstić information content (AvgIpc) is 2.16. The van der Waals surface area contributed by atoms with Crippen LogP contribution in [0.1, 0.15) is 27.2 Å². The highest BCUT2D eigenvalue weighted by Gasteiger charge is 2.01. The number of nitrogens with two attached hydrogens (primary N) is 1. The third kappa shape index (κ3) is 4.33. The number of anilines is 3. The summed E-state index contributed by atoms with van der Waals surface area (Å²) < 4.78 is 0. The van der Waals surface area contributed by atoms with Crippen molar-refractivity contribution in [3.05, 3.63) is 6.07 Å². The molecule has 0 aliphatic heterocycles. The highest BCUT2D eigenvalue weighted by atomic mass is 15.1. The van der Waals surface area contributed by atoms with Crippen LogP contribution in [0.25, 0.3) is 0 Å². The van der Waals surface area contributed by atoms with E-state index in [2.05, 4.69) is 34.4 Å². The first-order valence-electron chi connectivity index (χ1n) is 5.74. The summed E-state index contributed by atoms with van der Waals surface area (Å²) in [6, 6.07) is 1.88. The molecule has 4 N–H and O–H groups in total. The first-order chi connectivity index (χ1) is 7.61. The lowest BCUT2D eigenvalue weighted by Crippen LogP contribution is -2.09. The number of rotatable bonds is 6. The molecule has 16 heavy (non-hydrogen) atoms. The Morgan fingerprint density at radius 1 is 1.25 bits per heavy atom. The number of nitrogen functional groups attached to an aromatic ring is 1. The monoisotopic (exact) mass is 223 g/mol. The predicted molar refractivity (Wildman–Crippen MR) is 68.6 cm³/mol. The summed E-state index contributed by atoms with van der Waals surface area (Å²) in [6.07, 6.45) is 1.11. The molecule has 0 atom stereocenters. The van der Waals surface area contributed by atoms with Crippen LogP contribution in [-0.4, -0.2) is 23.1 Å². The molecule has 0 spiro atoms. The Bertz CT molecular complexity index is 324. The van der Waals surface area contributed by atoms with Crippen molar-refractivity contribution in [2.45, 2.75) is 27.2 Å². The molecule has 0 fully saturated rings. The normalized spacial score (nSPS) is 10.5. The topological polar surface area (TPSA) is 75.9 Å². The molecule has 0 bridgehead atoms. The van der Waals surface area contributed by atoms with E-state index in [1.165, 1.54) is 0 Å². The number of nitrogens with zero attached hydrogens (tertiary/aromatic N) is 2. The Balaban J connectivity index is 2.58. The quantitative estimate of drug-likeness (QED) is 0.687. The molecule has 5 nitrogen and oxygen atoms in total. The summed E-state index contributed by atoms with van der Waals surface area (Å²) in [5.41, 5.74) is 5.62. The van der Waals surface area contributed by atoms with Crippen LogP contribution in [0.5, 0.6) is 0 Å². The first-order valence-corrected chi connectivity index (χ1v) is 5.74. The van der Waals surface area contributed by atoms with Crippen molar-refractivity contribution >= 4 is 17.6 Å². The van der Waals surface area contributed by atoms with Gasteiger partial charge in [-0.05, 0) is 19.3 Å². The molecule has 90 valence electrons. The highest BCUT2D eigenvalue weighted by molar-refractivity contribution is 5.50. The van der Waals surface area contributed by atoms with Gasteiger partial charge in [0.25, 0.3) is 0 Å². The van der Waals surface area contributed by atoms with Gasteiger partial charge in [-0.3, -0.25) is 0 Å². The zero-order valence-corrected chi connectivity index (χ0v) is 10.2. The minimum absolute atomic E-state index is 0.297. The minimum Gasteiger partial charge on any atom is -0.370 e. The molecule has 0 amide bonds. The van der Waals surface area contributed by atoms with Gasteiger partial charge in [-0.2, -0.15) is 9.97 Å². The van der Waals surface area contributed by atoms with Gasteiger partial charge in [0.1, 0.15) is 11.6 Å². The van der Waals surface area contributed by atoms with E-state index in [4.69, 9.17) is 5.73 Å². The second-order valence-corrected chi connectivity index (χ2v) is 4.14. The van der Waals surface area contributed by atoms with Gasteiger partial charge >= 0.3 is 0 Å². The smallest absolute Gasteiger partial charge is 0.223 e. The van der Waals surface area contributed by atoms with Crippen LogP contribution in [0, 0.1) is 5.92 Å². The number of nitrogens with one attached hydrogen (secondary N) is 2. The molecule has 1 heterocycles. The van der Waals surface area contributed by atoms with E-state index in [0.29, 0.717) is 11.9 Å². The van der Waals surface area contributed by atoms with Gasteiger partial charge in [0.05, 0.1) is 0 Å². The fraction of sp³-hybridized carbons (Fsp3) is 0.636. The largest absolute Gasteiger partial charge is 0.370 e. The zero-order valence-electron chi connectivity index (χ0n) is 10.2. The van der Waals surface area contributed by atoms with Crippen molar-refractivity contribution < 1.29 is 0 Å².